The van der Waals surface area contributed by atoms with Crippen molar-refractivity contribution in [2.45, 2.75) is 18.6 Å². The first-order chi connectivity index (χ1) is 8.54. The first-order valence-electron chi connectivity index (χ1n) is 5.46. The Morgan fingerprint density at radius 3 is 2.89 bits per heavy atom. The molecule has 100 valence electrons. The normalized spacial score (nSPS) is 12.2. The van der Waals surface area contributed by atoms with E-state index in [2.05, 4.69) is 15.9 Å². The highest BCUT2D eigenvalue weighted by Gasteiger charge is 2.14. The summed E-state index contributed by atoms with van der Waals surface area (Å²) in [5.74, 6) is 0.582. The predicted molar refractivity (Wildman–Crippen MR) is 78.8 cm³/mol. The Morgan fingerprint density at radius 1 is 1.61 bits per heavy atom. The standard InChI is InChI=1S/C12H14BrClO3S/c1-2-11(12(15)16)18-6-5-17-10-4-3-8(14)7-9(10)13/h3-4,7,11H,2,5-6H2,1H3,(H,15,16). The van der Waals surface area contributed by atoms with Crippen molar-refractivity contribution in [3.05, 3.63) is 27.7 Å². The summed E-state index contributed by atoms with van der Waals surface area (Å²) >= 11 is 10.6. The molecule has 1 aromatic carbocycles. The van der Waals surface area contributed by atoms with E-state index in [0.29, 0.717) is 29.6 Å². The first-order valence-corrected chi connectivity index (χ1v) is 7.68. The van der Waals surface area contributed by atoms with Crippen molar-refractivity contribution in [1.82, 2.24) is 0 Å². The van der Waals surface area contributed by atoms with Crippen LogP contribution in [-0.4, -0.2) is 28.7 Å². The van der Waals surface area contributed by atoms with E-state index in [1.54, 1.807) is 18.2 Å². The minimum Gasteiger partial charge on any atom is -0.492 e. The molecule has 1 aromatic rings. The van der Waals surface area contributed by atoms with E-state index in [-0.39, 0.29) is 5.25 Å². The summed E-state index contributed by atoms with van der Waals surface area (Å²) in [4.78, 5) is 10.8. The maximum absolute atomic E-state index is 10.8. The molecule has 1 rings (SSSR count). The van der Waals surface area contributed by atoms with Crippen LogP contribution in [0.5, 0.6) is 5.75 Å². The van der Waals surface area contributed by atoms with Gasteiger partial charge in [-0.05, 0) is 40.5 Å². The fourth-order valence-electron chi connectivity index (χ4n) is 1.30. The number of carboxylic acids is 1. The summed E-state index contributed by atoms with van der Waals surface area (Å²) in [5.41, 5.74) is 0. The molecule has 0 fully saturated rings. The Balaban J connectivity index is 2.35. The molecule has 0 saturated carbocycles. The third-order valence-corrected chi connectivity index (χ3v) is 4.39. The summed E-state index contributed by atoms with van der Waals surface area (Å²) in [6.07, 6.45) is 0.616. The van der Waals surface area contributed by atoms with Crippen LogP contribution in [0.25, 0.3) is 0 Å². The zero-order valence-corrected chi connectivity index (χ0v) is 13.0. The zero-order chi connectivity index (χ0) is 13.5. The van der Waals surface area contributed by atoms with Gasteiger partial charge < -0.3 is 9.84 Å². The maximum atomic E-state index is 10.8. The third-order valence-electron chi connectivity index (χ3n) is 2.20. The number of hydrogen-bond donors (Lipinski definition) is 1. The Morgan fingerprint density at radius 2 is 2.33 bits per heavy atom. The number of thioether (sulfide) groups is 1. The van der Waals surface area contributed by atoms with Crippen molar-refractivity contribution in [3.8, 4) is 5.75 Å². The van der Waals surface area contributed by atoms with Gasteiger partial charge in [-0.25, -0.2) is 0 Å². The van der Waals surface area contributed by atoms with Crippen LogP contribution in [0.2, 0.25) is 5.02 Å². The number of carboxylic acid groups (broad SMARTS) is 1. The first kappa shape index (κ1) is 15.7. The number of hydrogen-bond acceptors (Lipinski definition) is 3. The third kappa shape index (κ3) is 5.08. The number of aliphatic carboxylic acids is 1. The molecule has 18 heavy (non-hydrogen) atoms. The Bertz CT molecular complexity index is 414. The highest BCUT2D eigenvalue weighted by atomic mass is 79.9. The van der Waals surface area contributed by atoms with Crippen molar-refractivity contribution in [3.63, 3.8) is 0 Å². The molecular formula is C12H14BrClO3S. The predicted octanol–water partition coefficient (Wildman–Crippen LogP) is 4.08. The van der Waals surface area contributed by atoms with Crippen LogP contribution in [0, 0.1) is 0 Å². The van der Waals surface area contributed by atoms with Crippen molar-refractivity contribution in [2.24, 2.45) is 0 Å². The number of benzene rings is 1. The molecular weight excluding hydrogens is 340 g/mol. The van der Waals surface area contributed by atoms with Gasteiger partial charge >= 0.3 is 5.97 Å². The lowest BCUT2D eigenvalue weighted by Gasteiger charge is -2.11. The van der Waals surface area contributed by atoms with Crippen molar-refractivity contribution < 1.29 is 14.6 Å². The number of ether oxygens (including phenoxy) is 1. The molecule has 0 aliphatic carbocycles. The van der Waals surface area contributed by atoms with Gasteiger partial charge in [0, 0.05) is 10.8 Å². The van der Waals surface area contributed by atoms with Crippen LogP contribution in [0.3, 0.4) is 0 Å². The number of carbonyl (C=O) groups is 1. The minimum atomic E-state index is -0.768. The average molecular weight is 354 g/mol. The lowest BCUT2D eigenvalue weighted by molar-refractivity contribution is -0.136. The van der Waals surface area contributed by atoms with E-state index >= 15 is 0 Å². The molecule has 0 spiro atoms. The fourth-order valence-corrected chi connectivity index (χ4v) is 2.94. The van der Waals surface area contributed by atoms with E-state index in [0.717, 1.165) is 4.47 Å². The second-order valence-corrected chi connectivity index (χ2v) is 6.13. The van der Waals surface area contributed by atoms with Gasteiger partial charge in [0.1, 0.15) is 11.0 Å². The fraction of sp³-hybridized carbons (Fsp3) is 0.417. The summed E-state index contributed by atoms with van der Waals surface area (Å²) in [6, 6.07) is 5.29. The molecule has 0 aromatic heterocycles. The van der Waals surface area contributed by atoms with Crippen molar-refractivity contribution in [1.29, 1.82) is 0 Å². The monoisotopic (exact) mass is 352 g/mol. The van der Waals surface area contributed by atoms with E-state index in [9.17, 15) is 4.79 Å². The summed E-state index contributed by atoms with van der Waals surface area (Å²) in [6.45, 7) is 2.33. The van der Waals surface area contributed by atoms with Crippen molar-refractivity contribution >= 4 is 45.3 Å². The van der Waals surface area contributed by atoms with Crippen LogP contribution in [0.1, 0.15) is 13.3 Å². The van der Waals surface area contributed by atoms with E-state index in [1.165, 1.54) is 11.8 Å². The van der Waals surface area contributed by atoms with Gasteiger partial charge in [-0.2, -0.15) is 0 Å². The van der Waals surface area contributed by atoms with Gasteiger partial charge in [0.2, 0.25) is 0 Å². The van der Waals surface area contributed by atoms with Crippen LogP contribution < -0.4 is 4.74 Å². The topological polar surface area (TPSA) is 46.5 Å². The smallest absolute Gasteiger partial charge is 0.316 e. The van der Waals surface area contributed by atoms with E-state index in [4.69, 9.17) is 21.4 Å². The number of rotatable bonds is 7. The van der Waals surface area contributed by atoms with E-state index in [1.807, 2.05) is 6.92 Å². The van der Waals surface area contributed by atoms with Crippen LogP contribution in [0.15, 0.2) is 22.7 Å². The number of halogens is 2. The molecule has 3 nitrogen and oxygen atoms in total. The molecule has 1 atom stereocenters. The molecule has 0 amide bonds. The van der Waals surface area contributed by atoms with Gasteiger partial charge in [-0.15, -0.1) is 11.8 Å². The molecule has 0 heterocycles. The quantitative estimate of drug-likeness (QED) is 0.750. The zero-order valence-electron chi connectivity index (χ0n) is 9.86. The van der Waals surface area contributed by atoms with Crippen LogP contribution in [0.4, 0.5) is 0 Å². The molecule has 0 bridgehead atoms. The average Bonchev–Trinajstić information content (AvgIpc) is 2.31. The lowest BCUT2D eigenvalue weighted by Crippen LogP contribution is -2.17. The molecule has 6 heteroatoms. The maximum Gasteiger partial charge on any atom is 0.316 e. The van der Waals surface area contributed by atoms with Crippen LogP contribution >= 0.6 is 39.3 Å². The van der Waals surface area contributed by atoms with E-state index < -0.39 is 5.97 Å². The second kappa shape index (κ2) is 7.92. The Kier molecular flexibility index (Phi) is 6.89. The molecule has 0 radical (unpaired) electrons. The van der Waals surface area contributed by atoms with Crippen molar-refractivity contribution in [2.75, 3.05) is 12.4 Å². The lowest BCUT2D eigenvalue weighted by atomic mass is 10.3. The van der Waals surface area contributed by atoms with Gasteiger partial charge in [-0.1, -0.05) is 18.5 Å². The Hall–Kier alpha value is -0.390. The summed E-state index contributed by atoms with van der Waals surface area (Å²) in [5, 5.41) is 9.16. The SMILES string of the molecule is CCC(SCCOc1ccc(Cl)cc1Br)C(=O)O. The molecule has 0 saturated heterocycles. The highest BCUT2D eigenvalue weighted by Crippen LogP contribution is 2.28. The molecule has 1 N–H and O–H groups in total. The van der Waals surface area contributed by atoms with Gasteiger partial charge in [0.25, 0.3) is 0 Å². The second-order valence-electron chi connectivity index (χ2n) is 3.53. The van der Waals surface area contributed by atoms with Gasteiger partial charge in [-0.3, -0.25) is 4.79 Å². The highest BCUT2D eigenvalue weighted by molar-refractivity contribution is 9.10. The Labute approximate surface area is 124 Å². The van der Waals surface area contributed by atoms with Gasteiger partial charge in [0.05, 0.1) is 11.1 Å². The largest absolute Gasteiger partial charge is 0.492 e. The summed E-state index contributed by atoms with van der Waals surface area (Å²) < 4.78 is 6.34. The summed E-state index contributed by atoms with van der Waals surface area (Å²) in [7, 11) is 0. The molecule has 0 aliphatic heterocycles. The van der Waals surface area contributed by atoms with Crippen LogP contribution in [-0.2, 0) is 4.79 Å². The molecule has 1 unspecified atom stereocenters. The van der Waals surface area contributed by atoms with Gasteiger partial charge in [0.15, 0.2) is 0 Å². The minimum absolute atomic E-state index is 0.359. The molecule has 0 aliphatic rings.